The van der Waals surface area contributed by atoms with Gasteiger partial charge in [0.1, 0.15) is 19.8 Å². The number of allylic oxidation sites excluding steroid dienone is 10. The van der Waals surface area contributed by atoms with Crippen molar-refractivity contribution in [2.24, 2.45) is 0 Å². The van der Waals surface area contributed by atoms with Crippen molar-refractivity contribution in [3.63, 3.8) is 0 Å². The molecule has 2 atom stereocenters. The van der Waals surface area contributed by atoms with Gasteiger partial charge in [-0.05, 0) is 77.0 Å². The SMILES string of the molecule is CC/C=C\C/C=C\C/C=C\C/C=C\CCCCC(=O)O[C@H](COC(=O)CCCCCCCCC/C=C\CCCCCC)COP(=O)(O)OCC[N+](C)(C)C. The molecule has 0 fully saturated rings. The summed E-state index contributed by atoms with van der Waals surface area (Å²) in [5.74, 6) is -0.858. The van der Waals surface area contributed by atoms with E-state index >= 15 is 0 Å². The van der Waals surface area contributed by atoms with E-state index in [9.17, 15) is 19.0 Å². The molecule has 0 aromatic heterocycles. The molecule has 0 radical (unpaired) electrons. The fourth-order valence-corrected chi connectivity index (χ4v) is 5.97. The molecular formula is C44H79NO8P+. The summed E-state index contributed by atoms with van der Waals surface area (Å²) in [5.41, 5.74) is 0. The van der Waals surface area contributed by atoms with Gasteiger partial charge in [0.25, 0.3) is 0 Å². The molecule has 0 spiro atoms. The Morgan fingerprint density at radius 1 is 0.593 bits per heavy atom. The van der Waals surface area contributed by atoms with Gasteiger partial charge >= 0.3 is 19.8 Å². The zero-order valence-corrected chi connectivity index (χ0v) is 35.8. The predicted molar refractivity (Wildman–Crippen MR) is 224 cm³/mol. The van der Waals surface area contributed by atoms with E-state index in [4.69, 9.17) is 18.5 Å². The van der Waals surface area contributed by atoms with E-state index in [0.29, 0.717) is 17.4 Å². The second-order valence-corrected chi connectivity index (χ2v) is 16.4. The first-order valence-corrected chi connectivity index (χ1v) is 22.5. The van der Waals surface area contributed by atoms with Crippen LogP contribution in [-0.4, -0.2) is 74.9 Å². The summed E-state index contributed by atoms with van der Waals surface area (Å²) < 4.78 is 34.2. The van der Waals surface area contributed by atoms with E-state index in [2.05, 4.69) is 74.6 Å². The molecule has 0 aliphatic heterocycles. The van der Waals surface area contributed by atoms with Crippen molar-refractivity contribution >= 4 is 19.8 Å². The average molecular weight is 781 g/mol. The summed E-state index contributed by atoms with van der Waals surface area (Å²) in [7, 11) is 1.44. The number of quaternary nitrogens is 1. The highest BCUT2D eigenvalue weighted by atomic mass is 31.2. The molecule has 0 saturated heterocycles. The van der Waals surface area contributed by atoms with E-state index < -0.39 is 26.5 Å². The van der Waals surface area contributed by atoms with Gasteiger partial charge in [-0.3, -0.25) is 18.6 Å². The van der Waals surface area contributed by atoms with Crippen LogP contribution in [0.15, 0.2) is 60.8 Å². The molecular weight excluding hydrogens is 701 g/mol. The van der Waals surface area contributed by atoms with Crippen LogP contribution in [0.5, 0.6) is 0 Å². The van der Waals surface area contributed by atoms with Gasteiger partial charge in [-0.25, -0.2) is 4.57 Å². The van der Waals surface area contributed by atoms with E-state index in [0.717, 1.165) is 70.6 Å². The molecule has 0 bridgehead atoms. The average Bonchev–Trinajstić information content (AvgIpc) is 3.12. The van der Waals surface area contributed by atoms with Crippen molar-refractivity contribution in [2.45, 2.75) is 161 Å². The molecule has 54 heavy (non-hydrogen) atoms. The van der Waals surface area contributed by atoms with Gasteiger partial charge in [-0.1, -0.05) is 126 Å². The summed E-state index contributed by atoms with van der Waals surface area (Å²) in [6, 6.07) is 0. The van der Waals surface area contributed by atoms with Gasteiger partial charge in [0.15, 0.2) is 6.10 Å². The Morgan fingerprint density at radius 3 is 1.63 bits per heavy atom. The van der Waals surface area contributed by atoms with Crippen LogP contribution >= 0.6 is 7.82 Å². The molecule has 1 N–H and O–H groups in total. The van der Waals surface area contributed by atoms with Crippen LogP contribution < -0.4 is 0 Å². The van der Waals surface area contributed by atoms with Crippen molar-refractivity contribution in [2.75, 3.05) is 47.5 Å². The fraction of sp³-hybridized carbons (Fsp3) is 0.727. The number of rotatable bonds is 37. The summed E-state index contributed by atoms with van der Waals surface area (Å²) >= 11 is 0. The third-order valence-corrected chi connectivity index (χ3v) is 9.52. The van der Waals surface area contributed by atoms with Gasteiger partial charge < -0.3 is 18.9 Å². The summed E-state index contributed by atoms with van der Waals surface area (Å²) in [6.07, 6.45) is 42.7. The Morgan fingerprint density at radius 2 is 1.06 bits per heavy atom. The van der Waals surface area contributed by atoms with Gasteiger partial charge in [0, 0.05) is 12.8 Å². The van der Waals surface area contributed by atoms with Crippen molar-refractivity contribution < 1.29 is 42.1 Å². The number of hydrogen-bond acceptors (Lipinski definition) is 7. The molecule has 0 aliphatic rings. The summed E-state index contributed by atoms with van der Waals surface area (Å²) in [4.78, 5) is 35.3. The molecule has 0 aliphatic carbocycles. The quantitative estimate of drug-likeness (QED) is 0.0218. The van der Waals surface area contributed by atoms with Gasteiger partial charge in [0.05, 0.1) is 27.7 Å². The van der Waals surface area contributed by atoms with E-state index in [1.54, 1.807) is 0 Å². The van der Waals surface area contributed by atoms with Crippen LogP contribution in [0.25, 0.3) is 0 Å². The number of phosphoric acid groups is 1. The number of esters is 2. The number of carbonyl (C=O) groups is 2. The molecule has 1 unspecified atom stereocenters. The van der Waals surface area contributed by atoms with Crippen LogP contribution in [-0.2, 0) is 32.7 Å². The van der Waals surface area contributed by atoms with Crippen LogP contribution in [0.4, 0.5) is 0 Å². The van der Waals surface area contributed by atoms with Crippen molar-refractivity contribution in [1.29, 1.82) is 0 Å². The maximum atomic E-state index is 12.6. The first kappa shape index (κ1) is 51.7. The lowest BCUT2D eigenvalue weighted by molar-refractivity contribution is -0.870. The number of nitrogens with zero attached hydrogens (tertiary/aromatic N) is 1. The van der Waals surface area contributed by atoms with Gasteiger partial charge in [0.2, 0.25) is 0 Å². The Balaban J connectivity index is 4.47. The Hall–Kier alpha value is -2.29. The molecule has 9 nitrogen and oxygen atoms in total. The standard InChI is InChI=1S/C44H78NO8P/c1-6-8-10-12-14-16-18-20-22-24-26-28-30-32-34-36-43(46)50-40-42(41-52-54(48,49)51-39-38-45(3,4)5)53-44(47)37-35-33-31-29-27-25-23-21-19-17-15-13-11-9-7-2/h9,11,15-18,21,23,27,29,42H,6-8,10,12-14,19-20,22,24-26,28,30-41H2,1-5H3/p+1/b11-9-,17-15-,18-16-,23-21-,29-27-/t42-/m1/s1. The minimum Gasteiger partial charge on any atom is -0.462 e. The van der Waals surface area contributed by atoms with Crippen LogP contribution in [0.3, 0.4) is 0 Å². The van der Waals surface area contributed by atoms with Crippen LogP contribution in [0, 0.1) is 0 Å². The lowest BCUT2D eigenvalue weighted by Crippen LogP contribution is -2.37. The van der Waals surface area contributed by atoms with Crippen molar-refractivity contribution in [1.82, 2.24) is 0 Å². The Labute approximate surface area is 330 Å². The van der Waals surface area contributed by atoms with E-state index in [1.807, 2.05) is 21.1 Å². The minimum absolute atomic E-state index is 0.0204. The van der Waals surface area contributed by atoms with Crippen molar-refractivity contribution in [3.05, 3.63) is 60.8 Å². The third kappa shape index (κ3) is 39.4. The number of ether oxygens (including phenoxy) is 2. The largest absolute Gasteiger partial charge is 0.472 e. The number of phosphoric ester groups is 1. The topological polar surface area (TPSA) is 108 Å². The highest BCUT2D eigenvalue weighted by Crippen LogP contribution is 2.43. The minimum atomic E-state index is -4.39. The Kier molecular flexibility index (Phi) is 34.8. The number of hydrogen-bond donors (Lipinski definition) is 1. The third-order valence-electron chi connectivity index (χ3n) is 8.53. The monoisotopic (exact) mass is 781 g/mol. The molecule has 0 aromatic rings. The molecule has 0 amide bonds. The van der Waals surface area contributed by atoms with E-state index in [1.165, 1.54) is 51.4 Å². The molecule has 0 aromatic carbocycles. The maximum absolute atomic E-state index is 12.6. The molecule has 0 rings (SSSR count). The second-order valence-electron chi connectivity index (χ2n) is 15.0. The van der Waals surface area contributed by atoms with Crippen LogP contribution in [0.1, 0.15) is 155 Å². The maximum Gasteiger partial charge on any atom is 0.472 e. The lowest BCUT2D eigenvalue weighted by Gasteiger charge is -2.24. The van der Waals surface area contributed by atoms with E-state index in [-0.39, 0.29) is 32.0 Å². The predicted octanol–water partition coefficient (Wildman–Crippen LogP) is 11.7. The van der Waals surface area contributed by atoms with Gasteiger partial charge in [-0.15, -0.1) is 0 Å². The zero-order chi connectivity index (χ0) is 40.0. The number of carbonyl (C=O) groups excluding carboxylic acids is 2. The van der Waals surface area contributed by atoms with Gasteiger partial charge in [-0.2, -0.15) is 0 Å². The summed E-state index contributed by atoms with van der Waals surface area (Å²) in [5, 5.41) is 0. The van der Waals surface area contributed by atoms with Crippen molar-refractivity contribution in [3.8, 4) is 0 Å². The number of unbranched alkanes of at least 4 members (excludes halogenated alkanes) is 13. The fourth-order valence-electron chi connectivity index (χ4n) is 5.23. The smallest absolute Gasteiger partial charge is 0.462 e. The normalized spacial score (nSPS) is 14.3. The first-order chi connectivity index (χ1) is 26.0. The molecule has 0 heterocycles. The molecule has 10 heteroatoms. The number of likely N-dealkylation sites (N-methyl/N-ethyl adjacent to an activating group) is 1. The highest BCUT2D eigenvalue weighted by molar-refractivity contribution is 7.47. The molecule has 312 valence electrons. The Bertz CT molecular complexity index is 1110. The van der Waals surface area contributed by atoms with Crippen LogP contribution in [0.2, 0.25) is 0 Å². The first-order valence-electron chi connectivity index (χ1n) is 21.0. The zero-order valence-electron chi connectivity index (χ0n) is 34.9. The highest BCUT2D eigenvalue weighted by Gasteiger charge is 2.27. The summed E-state index contributed by atoms with van der Waals surface area (Å²) in [6.45, 7) is 4.22. The second kappa shape index (κ2) is 36.4. The molecule has 0 saturated carbocycles. The lowest BCUT2D eigenvalue weighted by atomic mass is 10.1.